The SMILES string of the molecule is CCC(O)CSc1ccc(N)c(F)c1. The first-order chi connectivity index (χ1) is 6.63. The van der Waals surface area contributed by atoms with E-state index in [1.54, 1.807) is 6.07 Å². The van der Waals surface area contributed by atoms with Crippen molar-refractivity contribution in [2.24, 2.45) is 0 Å². The molecule has 1 rings (SSSR count). The predicted molar refractivity (Wildman–Crippen MR) is 57.8 cm³/mol. The number of rotatable bonds is 4. The van der Waals surface area contributed by atoms with E-state index >= 15 is 0 Å². The van der Waals surface area contributed by atoms with Gasteiger partial charge >= 0.3 is 0 Å². The van der Waals surface area contributed by atoms with E-state index in [9.17, 15) is 9.50 Å². The summed E-state index contributed by atoms with van der Waals surface area (Å²) in [6.45, 7) is 1.91. The van der Waals surface area contributed by atoms with Crippen LogP contribution in [0, 0.1) is 5.82 Å². The van der Waals surface area contributed by atoms with E-state index in [0.29, 0.717) is 12.2 Å². The molecule has 0 spiro atoms. The zero-order chi connectivity index (χ0) is 10.6. The normalized spacial score (nSPS) is 12.8. The van der Waals surface area contributed by atoms with E-state index in [4.69, 9.17) is 5.73 Å². The second-order valence-electron chi connectivity index (χ2n) is 3.06. The maximum Gasteiger partial charge on any atom is 0.147 e. The van der Waals surface area contributed by atoms with Crippen LogP contribution in [0.4, 0.5) is 10.1 Å². The number of nitrogen functional groups attached to an aromatic ring is 1. The molecule has 0 bridgehead atoms. The molecule has 1 atom stereocenters. The average molecular weight is 215 g/mol. The largest absolute Gasteiger partial charge is 0.396 e. The lowest BCUT2D eigenvalue weighted by atomic mass is 10.3. The van der Waals surface area contributed by atoms with Gasteiger partial charge in [-0.25, -0.2) is 4.39 Å². The van der Waals surface area contributed by atoms with Crippen molar-refractivity contribution in [2.45, 2.75) is 24.3 Å². The number of thioether (sulfide) groups is 1. The summed E-state index contributed by atoms with van der Waals surface area (Å²) in [5.74, 6) is 0.181. The summed E-state index contributed by atoms with van der Waals surface area (Å²) in [5.41, 5.74) is 5.49. The first-order valence-corrected chi connectivity index (χ1v) is 5.48. The van der Waals surface area contributed by atoms with Gasteiger partial charge in [-0.3, -0.25) is 0 Å². The average Bonchev–Trinajstić information content (AvgIpc) is 2.19. The monoisotopic (exact) mass is 215 g/mol. The van der Waals surface area contributed by atoms with Crippen molar-refractivity contribution in [1.29, 1.82) is 0 Å². The molecule has 1 unspecified atom stereocenters. The molecule has 1 aromatic rings. The first kappa shape index (κ1) is 11.3. The third kappa shape index (κ3) is 3.20. The molecule has 0 radical (unpaired) electrons. The summed E-state index contributed by atoms with van der Waals surface area (Å²) in [4.78, 5) is 0.796. The number of benzene rings is 1. The summed E-state index contributed by atoms with van der Waals surface area (Å²) in [6, 6.07) is 4.68. The molecule has 4 heteroatoms. The minimum atomic E-state index is -0.402. The van der Waals surface area contributed by atoms with Crippen LogP contribution in [0.5, 0.6) is 0 Å². The summed E-state index contributed by atoms with van der Waals surface area (Å²) in [6.07, 6.45) is 0.380. The van der Waals surface area contributed by atoms with Crippen LogP contribution < -0.4 is 5.73 Å². The Morgan fingerprint density at radius 3 is 2.86 bits per heavy atom. The van der Waals surface area contributed by atoms with Gasteiger partial charge in [0.05, 0.1) is 11.8 Å². The van der Waals surface area contributed by atoms with Gasteiger partial charge in [0.25, 0.3) is 0 Å². The van der Waals surface area contributed by atoms with Gasteiger partial charge in [-0.15, -0.1) is 11.8 Å². The number of hydrogen-bond acceptors (Lipinski definition) is 3. The van der Waals surface area contributed by atoms with Gasteiger partial charge in [-0.05, 0) is 24.6 Å². The molecule has 1 aromatic carbocycles. The van der Waals surface area contributed by atoms with Crippen LogP contribution in [-0.4, -0.2) is 17.0 Å². The van der Waals surface area contributed by atoms with Gasteiger partial charge in [-0.1, -0.05) is 6.92 Å². The molecule has 14 heavy (non-hydrogen) atoms. The minimum absolute atomic E-state index is 0.158. The molecule has 0 aliphatic carbocycles. The molecule has 0 aliphatic rings. The van der Waals surface area contributed by atoms with Gasteiger partial charge in [0, 0.05) is 10.6 Å². The van der Waals surface area contributed by atoms with Crippen molar-refractivity contribution >= 4 is 17.4 Å². The van der Waals surface area contributed by atoms with E-state index in [2.05, 4.69) is 0 Å². The highest BCUT2D eigenvalue weighted by Crippen LogP contribution is 2.22. The summed E-state index contributed by atoms with van der Waals surface area (Å²) in [5, 5.41) is 9.30. The Morgan fingerprint density at radius 2 is 2.29 bits per heavy atom. The maximum atomic E-state index is 13.0. The molecule has 0 amide bonds. The Labute approximate surface area is 87.3 Å². The number of halogens is 1. The Morgan fingerprint density at radius 1 is 1.57 bits per heavy atom. The van der Waals surface area contributed by atoms with Crippen LogP contribution in [0.2, 0.25) is 0 Å². The summed E-state index contributed by atoms with van der Waals surface area (Å²) in [7, 11) is 0. The summed E-state index contributed by atoms with van der Waals surface area (Å²) < 4.78 is 13.0. The van der Waals surface area contributed by atoms with Gasteiger partial charge in [0.15, 0.2) is 0 Å². The minimum Gasteiger partial charge on any atom is -0.396 e. The molecule has 2 nitrogen and oxygen atoms in total. The maximum absolute atomic E-state index is 13.0. The highest BCUT2D eigenvalue weighted by molar-refractivity contribution is 7.99. The second kappa shape index (κ2) is 5.22. The molecular weight excluding hydrogens is 201 g/mol. The predicted octanol–water partition coefficient (Wildman–Crippen LogP) is 2.27. The first-order valence-electron chi connectivity index (χ1n) is 4.49. The quantitative estimate of drug-likeness (QED) is 0.598. The van der Waals surface area contributed by atoms with Crippen molar-refractivity contribution in [3.63, 3.8) is 0 Å². The highest BCUT2D eigenvalue weighted by Gasteiger charge is 2.04. The van der Waals surface area contributed by atoms with Gasteiger partial charge in [-0.2, -0.15) is 0 Å². The fourth-order valence-electron chi connectivity index (χ4n) is 0.908. The molecule has 0 aliphatic heterocycles. The highest BCUT2D eigenvalue weighted by atomic mass is 32.2. The molecule has 0 fully saturated rings. The van der Waals surface area contributed by atoms with Gasteiger partial charge in [0.2, 0.25) is 0 Å². The van der Waals surface area contributed by atoms with E-state index in [0.717, 1.165) is 4.90 Å². The van der Waals surface area contributed by atoms with Crippen molar-refractivity contribution in [3.05, 3.63) is 24.0 Å². The standard InChI is InChI=1S/C10H14FNOS/c1-2-7(13)6-14-8-3-4-10(12)9(11)5-8/h3-5,7,13H,2,6,12H2,1H3. The van der Waals surface area contributed by atoms with E-state index in [1.807, 2.05) is 6.92 Å². The van der Waals surface area contributed by atoms with Crippen LogP contribution in [-0.2, 0) is 0 Å². The number of anilines is 1. The molecule has 0 aromatic heterocycles. The number of nitrogens with two attached hydrogens (primary N) is 1. The van der Waals surface area contributed by atoms with Crippen LogP contribution >= 0.6 is 11.8 Å². The zero-order valence-electron chi connectivity index (χ0n) is 8.03. The van der Waals surface area contributed by atoms with Crippen molar-refractivity contribution in [3.8, 4) is 0 Å². The Hall–Kier alpha value is -0.740. The second-order valence-corrected chi connectivity index (χ2v) is 4.15. The van der Waals surface area contributed by atoms with Gasteiger partial charge < -0.3 is 10.8 Å². The third-order valence-electron chi connectivity index (χ3n) is 1.89. The van der Waals surface area contributed by atoms with Crippen molar-refractivity contribution in [2.75, 3.05) is 11.5 Å². The fourth-order valence-corrected chi connectivity index (χ4v) is 1.88. The van der Waals surface area contributed by atoms with E-state index in [-0.39, 0.29) is 11.8 Å². The molecule has 0 saturated carbocycles. The number of aliphatic hydroxyl groups is 1. The molecule has 0 heterocycles. The molecule has 3 N–H and O–H groups in total. The number of aliphatic hydroxyl groups excluding tert-OH is 1. The topological polar surface area (TPSA) is 46.2 Å². The van der Waals surface area contributed by atoms with Crippen molar-refractivity contribution in [1.82, 2.24) is 0 Å². The van der Waals surface area contributed by atoms with Crippen LogP contribution in [0.25, 0.3) is 0 Å². The Balaban J connectivity index is 2.55. The number of hydrogen-bond donors (Lipinski definition) is 2. The van der Waals surface area contributed by atoms with Crippen molar-refractivity contribution < 1.29 is 9.50 Å². The van der Waals surface area contributed by atoms with Crippen LogP contribution in [0.15, 0.2) is 23.1 Å². The van der Waals surface area contributed by atoms with E-state index < -0.39 is 5.82 Å². The zero-order valence-corrected chi connectivity index (χ0v) is 8.85. The summed E-state index contributed by atoms with van der Waals surface area (Å²) >= 11 is 1.43. The van der Waals surface area contributed by atoms with Crippen LogP contribution in [0.1, 0.15) is 13.3 Å². The smallest absolute Gasteiger partial charge is 0.147 e. The Kier molecular flexibility index (Phi) is 4.22. The molecule has 78 valence electrons. The fraction of sp³-hybridized carbons (Fsp3) is 0.400. The Bertz CT molecular complexity index is 306. The lowest BCUT2D eigenvalue weighted by Crippen LogP contribution is -2.07. The van der Waals surface area contributed by atoms with E-state index in [1.165, 1.54) is 23.9 Å². The third-order valence-corrected chi connectivity index (χ3v) is 3.02. The lowest BCUT2D eigenvalue weighted by Gasteiger charge is -2.07. The van der Waals surface area contributed by atoms with Crippen LogP contribution in [0.3, 0.4) is 0 Å². The lowest BCUT2D eigenvalue weighted by molar-refractivity contribution is 0.195. The molecular formula is C10H14FNOS. The van der Waals surface area contributed by atoms with Gasteiger partial charge in [0.1, 0.15) is 5.82 Å². The molecule has 0 saturated heterocycles.